The zero-order chi connectivity index (χ0) is 19.1. The lowest BCUT2D eigenvalue weighted by Crippen LogP contribution is -2.31. The molecule has 0 saturated heterocycles. The Balaban J connectivity index is 1.75. The number of carbonyl (C=O) groups excluding carboxylic acids is 2. The second-order valence-corrected chi connectivity index (χ2v) is 6.37. The molecule has 3 aromatic carbocycles. The highest BCUT2D eigenvalue weighted by molar-refractivity contribution is 5.96. The monoisotopic (exact) mass is 358 g/mol. The maximum atomic E-state index is 12.6. The maximum absolute atomic E-state index is 12.6. The van der Waals surface area contributed by atoms with E-state index in [1.807, 2.05) is 79.7 Å². The summed E-state index contributed by atoms with van der Waals surface area (Å²) < 4.78 is 0. The fraction of sp³-hybridized carbons (Fsp3) is 0.130. The van der Waals surface area contributed by atoms with Crippen molar-refractivity contribution in [3.63, 3.8) is 0 Å². The second-order valence-electron chi connectivity index (χ2n) is 6.37. The van der Waals surface area contributed by atoms with Crippen LogP contribution in [-0.4, -0.2) is 11.8 Å². The van der Waals surface area contributed by atoms with Crippen molar-refractivity contribution in [3.8, 4) is 0 Å². The number of benzene rings is 3. The summed E-state index contributed by atoms with van der Waals surface area (Å²) in [4.78, 5) is 25.2. The predicted molar refractivity (Wildman–Crippen MR) is 108 cm³/mol. The van der Waals surface area contributed by atoms with E-state index in [9.17, 15) is 9.59 Å². The van der Waals surface area contributed by atoms with Crippen LogP contribution in [0.5, 0.6) is 0 Å². The molecule has 3 aromatic rings. The molecule has 0 unspecified atom stereocenters. The minimum Gasteiger partial charge on any atom is -0.345 e. The van der Waals surface area contributed by atoms with Crippen LogP contribution in [0.1, 0.15) is 33.9 Å². The molecule has 0 spiro atoms. The molecule has 4 nitrogen and oxygen atoms in total. The van der Waals surface area contributed by atoms with Gasteiger partial charge in [-0.2, -0.15) is 0 Å². The van der Waals surface area contributed by atoms with E-state index in [0.717, 1.165) is 16.8 Å². The molecular weight excluding hydrogens is 336 g/mol. The van der Waals surface area contributed by atoms with Gasteiger partial charge in [-0.3, -0.25) is 9.59 Å². The number of hydrogen-bond donors (Lipinski definition) is 2. The predicted octanol–water partition coefficient (Wildman–Crippen LogP) is 4.49. The van der Waals surface area contributed by atoms with Gasteiger partial charge in [-0.15, -0.1) is 0 Å². The third-order valence-corrected chi connectivity index (χ3v) is 4.35. The third-order valence-electron chi connectivity index (χ3n) is 4.35. The SMILES string of the molecule is Cc1ccccc1NC(=O)C[C@H](NC(=O)c1ccccc1)c1ccccc1. The van der Waals surface area contributed by atoms with Gasteiger partial charge in [0.1, 0.15) is 0 Å². The molecule has 0 aliphatic rings. The van der Waals surface area contributed by atoms with E-state index >= 15 is 0 Å². The summed E-state index contributed by atoms with van der Waals surface area (Å²) >= 11 is 0. The van der Waals surface area contributed by atoms with Crippen molar-refractivity contribution in [2.75, 3.05) is 5.32 Å². The average Bonchev–Trinajstić information content (AvgIpc) is 2.70. The number of nitrogens with one attached hydrogen (secondary N) is 2. The molecule has 0 radical (unpaired) electrons. The zero-order valence-corrected chi connectivity index (χ0v) is 15.2. The van der Waals surface area contributed by atoms with Crippen LogP contribution in [0, 0.1) is 6.92 Å². The third kappa shape index (κ3) is 5.05. The first-order valence-electron chi connectivity index (χ1n) is 8.90. The van der Waals surface area contributed by atoms with E-state index in [2.05, 4.69) is 10.6 Å². The Morgan fingerprint density at radius 2 is 1.41 bits per heavy atom. The summed E-state index contributed by atoms with van der Waals surface area (Å²) in [7, 11) is 0. The standard InChI is InChI=1S/C23H22N2O2/c1-17-10-8-9-15-20(17)24-22(26)16-21(18-11-4-2-5-12-18)25-23(27)19-13-6-3-7-14-19/h2-15,21H,16H2,1H3,(H,24,26)(H,25,27)/t21-/m0/s1. The molecule has 0 aromatic heterocycles. The van der Waals surface area contributed by atoms with Crippen LogP contribution >= 0.6 is 0 Å². The van der Waals surface area contributed by atoms with Gasteiger partial charge in [-0.1, -0.05) is 66.7 Å². The lowest BCUT2D eigenvalue weighted by Gasteiger charge is -2.19. The van der Waals surface area contributed by atoms with Crippen molar-refractivity contribution in [1.82, 2.24) is 5.32 Å². The average molecular weight is 358 g/mol. The Hall–Kier alpha value is -3.40. The molecule has 0 heterocycles. The van der Waals surface area contributed by atoms with Crippen LogP contribution in [0.15, 0.2) is 84.9 Å². The van der Waals surface area contributed by atoms with E-state index < -0.39 is 6.04 Å². The Kier molecular flexibility index (Phi) is 6.00. The zero-order valence-electron chi connectivity index (χ0n) is 15.2. The van der Waals surface area contributed by atoms with E-state index in [4.69, 9.17) is 0 Å². The lowest BCUT2D eigenvalue weighted by atomic mass is 10.0. The number of amides is 2. The van der Waals surface area contributed by atoms with Crippen molar-refractivity contribution in [2.24, 2.45) is 0 Å². The lowest BCUT2D eigenvalue weighted by molar-refractivity contribution is -0.116. The first-order valence-corrected chi connectivity index (χ1v) is 8.90. The van der Waals surface area contributed by atoms with Crippen molar-refractivity contribution in [3.05, 3.63) is 102 Å². The van der Waals surface area contributed by atoms with E-state index in [0.29, 0.717) is 5.56 Å². The van der Waals surface area contributed by atoms with Crippen molar-refractivity contribution in [2.45, 2.75) is 19.4 Å². The number of anilines is 1. The van der Waals surface area contributed by atoms with Crippen molar-refractivity contribution < 1.29 is 9.59 Å². The normalized spacial score (nSPS) is 11.4. The molecule has 0 fully saturated rings. The number of carbonyl (C=O) groups is 2. The van der Waals surface area contributed by atoms with E-state index in [1.165, 1.54) is 0 Å². The van der Waals surface area contributed by atoms with Crippen molar-refractivity contribution >= 4 is 17.5 Å². The minimum absolute atomic E-state index is 0.147. The van der Waals surface area contributed by atoms with Crippen LogP contribution in [0.25, 0.3) is 0 Å². The fourth-order valence-corrected chi connectivity index (χ4v) is 2.87. The quantitative estimate of drug-likeness (QED) is 0.682. The second kappa shape index (κ2) is 8.81. The largest absolute Gasteiger partial charge is 0.345 e. The molecule has 1 atom stereocenters. The minimum atomic E-state index is -0.414. The fourth-order valence-electron chi connectivity index (χ4n) is 2.87. The Labute approximate surface area is 159 Å². The Morgan fingerprint density at radius 3 is 2.07 bits per heavy atom. The molecule has 0 bridgehead atoms. The summed E-state index contributed by atoms with van der Waals surface area (Å²) in [6, 6.07) is 25.8. The molecular formula is C23H22N2O2. The van der Waals surface area contributed by atoms with Crippen molar-refractivity contribution in [1.29, 1.82) is 0 Å². The molecule has 2 N–H and O–H groups in total. The Morgan fingerprint density at radius 1 is 0.815 bits per heavy atom. The van der Waals surface area contributed by atoms with Gasteiger partial charge in [0.2, 0.25) is 5.91 Å². The van der Waals surface area contributed by atoms with Crippen LogP contribution in [0.2, 0.25) is 0 Å². The highest BCUT2D eigenvalue weighted by Gasteiger charge is 2.19. The summed E-state index contributed by atoms with van der Waals surface area (Å²) in [6.07, 6.45) is 0.150. The van der Waals surface area contributed by atoms with Crippen LogP contribution in [-0.2, 0) is 4.79 Å². The smallest absolute Gasteiger partial charge is 0.251 e. The van der Waals surface area contributed by atoms with E-state index in [-0.39, 0.29) is 18.2 Å². The van der Waals surface area contributed by atoms with Gasteiger partial charge in [0, 0.05) is 11.3 Å². The van der Waals surface area contributed by atoms with Crippen LogP contribution < -0.4 is 10.6 Å². The molecule has 0 aliphatic carbocycles. The van der Waals surface area contributed by atoms with Gasteiger partial charge in [0.05, 0.1) is 12.5 Å². The molecule has 4 heteroatoms. The molecule has 2 amide bonds. The molecule has 0 saturated carbocycles. The summed E-state index contributed by atoms with van der Waals surface area (Å²) in [5.41, 5.74) is 3.23. The van der Waals surface area contributed by atoms with Gasteiger partial charge in [-0.05, 0) is 36.2 Å². The van der Waals surface area contributed by atoms with Gasteiger partial charge in [0.25, 0.3) is 5.91 Å². The molecule has 3 rings (SSSR count). The van der Waals surface area contributed by atoms with Gasteiger partial charge in [-0.25, -0.2) is 0 Å². The van der Waals surface area contributed by atoms with Crippen LogP contribution in [0.3, 0.4) is 0 Å². The van der Waals surface area contributed by atoms with E-state index in [1.54, 1.807) is 12.1 Å². The first-order chi connectivity index (χ1) is 13.1. The Bertz CT molecular complexity index is 908. The van der Waals surface area contributed by atoms with Gasteiger partial charge < -0.3 is 10.6 Å². The molecule has 27 heavy (non-hydrogen) atoms. The first kappa shape index (κ1) is 18.4. The number of hydrogen-bond acceptors (Lipinski definition) is 2. The number of para-hydroxylation sites is 1. The summed E-state index contributed by atoms with van der Waals surface area (Å²) in [5.74, 6) is -0.348. The summed E-state index contributed by atoms with van der Waals surface area (Å²) in [5, 5.41) is 5.91. The summed E-state index contributed by atoms with van der Waals surface area (Å²) in [6.45, 7) is 1.95. The number of rotatable bonds is 6. The highest BCUT2D eigenvalue weighted by Crippen LogP contribution is 2.20. The topological polar surface area (TPSA) is 58.2 Å². The van der Waals surface area contributed by atoms with Gasteiger partial charge in [0.15, 0.2) is 0 Å². The van der Waals surface area contributed by atoms with Gasteiger partial charge >= 0.3 is 0 Å². The maximum Gasteiger partial charge on any atom is 0.251 e. The molecule has 0 aliphatic heterocycles. The molecule has 136 valence electrons. The van der Waals surface area contributed by atoms with Crippen LogP contribution in [0.4, 0.5) is 5.69 Å². The number of aryl methyl sites for hydroxylation is 1. The highest BCUT2D eigenvalue weighted by atomic mass is 16.2.